The van der Waals surface area contributed by atoms with Gasteiger partial charge in [0.2, 0.25) is 0 Å². The molecule has 0 heterocycles. The van der Waals surface area contributed by atoms with E-state index in [0.717, 1.165) is 5.56 Å². The largest absolute Gasteiger partial charge is 0.363 e. The topological polar surface area (TPSA) is 26.3 Å². The quantitative estimate of drug-likeness (QED) is 0.732. The van der Waals surface area contributed by atoms with Crippen LogP contribution in [0.25, 0.3) is 0 Å². The van der Waals surface area contributed by atoms with Crippen LogP contribution in [0.15, 0.2) is 30.3 Å². The number of benzene rings is 1. The van der Waals surface area contributed by atoms with E-state index in [2.05, 4.69) is 0 Å². The van der Waals surface area contributed by atoms with Crippen LogP contribution < -0.4 is 0 Å². The molecule has 0 aromatic heterocycles. The minimum absolute atomic E-state index is 0.0495. The highest BCUT2D eigenvalue weighted by atomic mass is 16.5. The third-order valence-corrected chi connectivity index (χ3v) is 2.29. The summed E-state index contributed by atoms with van der Waals surface area (Å²) in [7, 11) is 0. The zero-order chi connectivity index (χ0) is 10.6. The van der Waals surface area contributed by atoms with E-state index >= 15 is 0 Å². The molecule has 0 saturated heterocycles. The second-order valence-corrected chi connectivity index (χ2v) is 3.84. The van der Waals surface area contributed by atoms with Gasteiger partial charge in [0.1, 0.15) is 5.60 Å². The highest BCUT2D eigenvalue weighted by molar-refractivity contribution is 5.83. The first-order valence-electron chi connectivity index (χ1n) is 4.71. The van der Waals surface area contributed by atoms with E-state index < -0.39 is 5.60 Å². The third kappa shape index (κ3) is 2.96. The molecule has 0 fully saturated rings. The van der Waals surface area contributed by atoms with Crippen molar-refractivity contribution in [1.29, 1.82) is 0 Å². The van der Waals surface area contributed by atoms with E-state index in [4.69, 9.17) is 4.74 Å². The Morgan fingerprint density at radius 3 is 2.36 bits per heavy atom. The average molecular weight is 192 g/mol. The lowest BCUT2D eigenvalue weighted by Gasteiger charge is -2.21. The van der Waals surface area contributed by atoms with Gasteiger partial charge in [0.25, 0.3) is 0 Å². The highest BCUT2D eigenvalue weighted by Crippen LogP contribution is 2.13. The Bertz CT molecular complexity index is 301. The monoisotopic (exact) mass is 192 g/mol. The molecule has 0 unspecified atom stereocenters. The van der Waals surface area contributed by atoms with Gasteiger partial charge in [0, 0.05) is 0 Å². The molecule has 76 valence electrons. The van der Waals surface area contributed by atoms with Gasteiger partial charge in [-0.15, -0.1) is 0 Å². The van der Waals surface area contributed by atoms with Gasteiger partial charge >= 0.3 is 0 Å². The Labute approximate surface area is 84.9 Å². The molecule has 1 aromatic carbocycles. The summed E-state index contributed by atoms with van der Waals surface area (Å²) in [4.78, 5) is 11.2. The molecule has 0 bridgehead atoms. The number of hydrogen-bond donors (Lipinski definition) is 0. The lowest BCUT2D eigenvalue weighted by molar-refractivity contribution is -0.139. The van der Waals surface area contributed by atoms with Crippen molar-refractivity contribution < 1.29 is 9.53 Å². The number of hydrogen-bond acceptors (Lipinski definition) is 2. The van der Waals surface area contributed by atoms with Crippen LogP contribution in [0.1, 0.15) is 26.3 Å². The summed E-state index contributed by atoms with van der Waals surface area (Å²) < 4.78 is 5.53. The fraction of sp³-hybridized carbons (Fsp3) is 0.417. The maximum atomic E-state index is 11.2. The van der Waals surface area contributed by atoms with E-state index in [-0.39, 0.29) is 5.78 Å². The first kappa shape index (κ1) is 10.9. The zero-order valence-electron chi connectivity index (χ0n) is 8.91. The molecule has 2 heteroatoms. The number of ether oxygens (including phenoxy) is 1. The van der Waals surface area contributed by atoms with Gasteiger partial charge in [0.05, 0.1) is 6.61 Å². The van der Waals surface area contributed by atoms with Gasteiger partial charge in [-0.2, -0.15) is 0 Å². The molecule has 1 aromatic rings. The van der Waals surface area contributed by atoms with Crippen LogP contribution in [-0.2, 0) is 16.1 Å². The second kappa shape index (κ2) is 4.38. The average Bonchev–Trinajstić information content (AvgIpc) is 2.16. The van der Waals surface area contributed by atoms with Crippen molar-refractivity contribution in [3.63, 3.8) is 0 Å². The van der Waals surface area contributed by atoms with E-state index in [9.17, 15) is 4.79 Å². The van der Waals surface area contributed by atoms with Gasteiger partial charge in [0.15, 0.2) is 5.78 Å². The maximum Gasteiger partial charge on any atom is 0.160 e. The summed E-state index contributed by atoms with van der Waals surface area (Å²) in [5.41, 5.74) is 0.400. The van der Waals surface area contributed by atoms with Gasteiger partial charge in [-0.1, -0.05) is 30.3 Å². The summed E-state index contributed by atoms with van der Waals surface area (Å²) >= 11 is 0. The number of carbonyl (C=O) groups is 1. The normalized spacial score (nSPS) is 11.4. The van der Waals surface area contributed by atoms with Gasteiger partial charge in [-0.25, -0.2) is 0 Å². The standard InChI is InChI=1S/C12H16O2/c1-10(13)12(2,3)14-9-11-7-5-4-6-8-11/h4-8H,9H2,1-3H3. The third-order valence-electron chi connectivity index (χ3n) is 2.29. The van der Waals surface area contributed by atoms with Crippen molar-refractivity contribution in [3.05, 3.63) is 35.9 Å². The molecule has 0 saturated carbocycles. The molecule has 0 aliphatic carbocycles. The lowest BCUT2D eigenvalue weighted by Crippen LogP contribution is -2.32. The van der Waals surface area contributed by atoms with Crippen LogP contribution in [0.3, 0.4) is 0 Å². The first-order valence-corrected chi connectivity index (χ1v) is 4.71. The van der Waals surface area contributed by atoms with E-state index in [1.54, 1.807) is 20.8 Å². The smallest absolute Gasteiger partial charge is 0.160 e. The van der Waals surface area contributed by atoms with Crippen molar-refractivity contribution in [3.8, 4) is 0 Å². The number of Topliss-reactive ketones (excluding diaryl/α,β-unsaturated/α-hetero) is 1. The van der Waals surface area contributed by atoms with Crippen LogP contribution in [0, 0.1) is 0 Å². The molecule has 1 rings (SSSR count). The van der Waals surface area contributed by atoms with Gasteiger partial charge in [-0.05, 0) is 26.3 Å². The predicted molar refractivity (Wildman–Crippen MR) is 56.0 cm³/mol. The Balaban J connectivity index is 2.53. The molecule has 0 atom stereocenters. The minimum Gasteiger partial charge on any atom is -0.363 e. The molecule has 2 nitrogen and oxygen atoms in total. The molecule has 0 amide bonds. The highest BCUT2D eigenvalue weighted by Gasteiger charge is 2.23. The Hall–Kier alpha value is -1.15. The summed E-state index contributed by atoms with van der Waals surface area (Å²) in [6.45, 7) is 5.61. The van der Waals surface area contributed by atoms with Gasteiger partial charge in [-0.3, -0.25) is 4.79 Å². The van der Waals surface area contributed by atoms with Crippen molar-refractivity contribution >= 4 is 5.78 Å². The summed E-state index contributed by atoms with van der Waals surface area (Å²) in [5, 5.41) is 0. The first-order chi connectivity index (χ1) is 6.52. The van der Waals surface area contributed by atoms with E-state index in [1.807, 2.05) is 30.3 Å². The molecule has 14 heavy (non-hydrogen) atoms. The minimum atomic E-state index is -0.685. The summed E-state index contributed by atoms with van der Waals surface area (Å²) in [5.74, 6) is 0.0495. The van der Waals surface area contributed by atoms with Crippen LogP contribution in [0.2, 0.25) is 0 Å². The number of carbonyl (C=O) groups excluding carboxylic acids is 1. The summed E-state index contributed by atoms with van der Waals surface area (Å²) in [6, 6.07) is 9.84. The fourth-order valence-electron chi connectivity index (χ4n) is 0.940. The Morgan fingerprint density at radius 2 is 1.86 bits per heavy atom. The Kier molecular flexibility index (Phi) is 3.42. The van der Waals surface area contributed by atoms with Crippen LogP contribution in [-0.4, -0.2) is 11.4 Å². The SMILES string of the molecule is CC(=O)C(C)(C)OCc1ccccc1. The van der Waals surface area contributed by atoms with E-state index in [0.29, 0.717) is 6.61 Å². The van der Waals surface area contributed by atoms with Crippen molar-refractivity contribution in [1.82, 2.24) is 0 Å². The van der Waals surface area contributed by atoms with Gasteiger partial charge < -0.3 is 4.74 Å². The molecule has 0 N–H and O–H groups in total. The second-order valence-electron chi connectivity index (χ2n) is 3.84. The van der Waals surface area contributed by atoms with Crippen LogP contribution in [0.5, 0.6) is 0 Å². The Morgan fingerprint density at radius 1 is 1.29 bits per heavy atom. The van der Waals surface area contributed by atoms with Crippen LogP contribution in [0.4, 0.5) is 0 Å². The van der Waals surface area contributed by atoms with Crippen molar-refractivity contribution in [2.24, 2.45) is 0 Å². The number of rotatable bonds is 4. The maximum absolute atomic E-state index is 11.2. The summed E-state index contributed by atoms with van der Waals surface area (Å²) in [6.07, 6.45) is 0. The molecule has 0 radical (unpaired) electrons. The number of ketones is 1. The lowest BCUT2D eigenvalue weighted by atomic mass is 10.1. The fourth-order valence-corrected chi connectivity index (χ4v) is 0.940. The molecule has 0 aliphatic heterocycles. The van der Waals surface area contributed by atoms with Crippen molar-refractivity contribution in [2.75, 3.05) is 0 Å². The van der Waals surface area contributed by atoms with E-state index in [1.165, 1.54) is 0 Å². The molecule has 0 spiro atoms. The predicted octanol–water partition coefficient (Wildman–Crippen LogP) is 2.57. The molecule has 0 aliphatic rings. The van der Waals surface area contributed by atoms with Crippen LogP contribution >= 0.6 is 0 Å². The van der Waals surface area contributed by atoms with Crippen molar-refractivity contribution in [2.45, 2.75) is 33.0 Å². The molecular formula is C12H16O2. The molecular weight excluding hydrogens is 176 g/mol. The zero-order valence-corrected chi connectivity index (χ0v) is 8.91.